The van der Waals surface area contributed by atoms with Crippen LogP contribution in [0.25, 0.3) is 0 Å². The van der Waals surface area contributed by atoms with Gasteiger partial charge < -0.3 is 11.1 Å². The fourth-order valence-electron chi connectivity index (χ4n) is 2.28. The molecule has 0 saturated heterocycles. The molecular formula is C13H25N3OS. The van der Waals surface area contributed by atoms with Crippen LogP contribution in [-0.4, -0.2) is 41.5 Å². The van der Waals surface area contributed by atoms with Gasteiger partial charge in [-0.1, -0.05) is 37.9 Å². The van der Waals surface area contributed by atoms with E-state index in [4.69, 9.17) is 18.0 Å². The Morgan fingerprint density at radius 2 is 1.94 bits per heavy atom. The van der Waals surface area contributed by atoms with Crippen LogP contribution in [0.5, 0.6) is 0 Å². The summed E-state index contributed by atoms with van der Waals surface area (Å²) < 4.78 is 0. The first kappa shape index (κ1) is 15.4. The van der Waals surface area contributed by atoms with Crippen LogP contribution in [0.2, 0.25) is 0 Å². The molecule has 5 heteroatoms. The summed E-state index contributed by atoms with van der Waals surface area (Å²) in [6, 6.07) is 0.313. The highest BCUT2D eigenvalue weighted by atomic mass is 32.1. The first-order valence-electron chi connectivity index (χ1n) is 6.79. The molecule has 0 aromatic heterocycles. The van der Waals surface area contributed by atoms with Crippen molar-refractivity contribution in [2.24, 2.45) is 5.73 Å². The molecule has 0 spiro atoms. The SMILES string of the molecule is CC(C(N)=S)N(C)CC(=O)NC1CCCCCC1. The average molecular weight is 271 g/mol. The molecule has 0 aromatic rings. The Morgan fingerprint density at radius 3 is 2.44 bits per heavy atom. The van der Waals surface area contributed by atoms with Crippen molar-refractivity contribution in [3.05, 3.63) is 0 Å². The summed E-state index contributed by atoms with van der Waals surface area (Å²) in [5.74, 6) is 0.0764. The van der Waals surface area contributed by atoms with Gasteiger partial charge in [-0.05, 0) is 26.8 Å². The molecular weight excluding hydrogens is 246 g/mol. The molecule has 104 valence electrons. The van der Waals surface area contributed by atoms with Crippen molar-refractivity contribution < 1.29 is 4.79 Å². The lowest BCUT2D eigenvalue weighted by molar-refractivity contribution is -0.122. The minimum Gasteiger partial charge on any atom is -0.392 e. The molecule has 1 aliphatic carbocycles. The molecule has 0 heterocycles. The van der Waals surface area contributed by atoms with Gasteiger partial charge in [0.15, 0.2) is 0 Å². The third-order valence-corrected chi connectivity index (χ3v) is 4.03. The summed E-state index contributed by atoms with van der Waals surface area (Å²) in [6.45, 7) is 2.27. The molecule has 3 N–H and O–H groups in total. The number of amides is 1. The largest absolute Gasteiger partial charge is 0.392 e. The van der Waals surface area contributed by atoms with E-state index in [2.05, 4.69) is 5.32 Å². The zero-order valence-corrected chi connectivity index (χ0v) is 12.3. The zero-order chi connectivity index (χ0) is 13.5. The minimum atomic E-state index is -0.0418. The maximum Gasteiger partial charge on any atom is 0.234 e. The van der Waals surface area contributed by atoms with Crippen molar-refractivity contribution in [1.29, 1.82) is 0 Å². The van der Waals surface area contributed by atoms with Gasteiger partial charge in [0.05, 0.1) is 17.6 Å². The highest BCUT2D eigenvalue weighted by Gasteiger charge is 2.18. The van der Waals surface area contributed by atoms with E-state index in [1.54, 1.807) is 0 Å². The predicted octanol–water partition coefficient (Wildman–Crippen LogP) is 1.43. The van der Waals surface area contributed by atoms with Crippen molar-refractivity contribution in [2.45, 2.75) is 57.5 Å². The molecule has 4 nitrogen and oxygen atoms in total. The molecule has 1 fully saturated rings. The Bertz CT molecular complexity index is 288. The topological polar surface area (TPSA) is 58.4 Å². The second-order valence-corrected chi connectivity index (χ2v) is 5.72. The van der Waals surface area contributed by atoms with Gasteiger partial charge in [0.25, 0.3) is 0 Å². The van der Waals surface area contributed by atoms with Crippen molar-refractivity contribution >= 4 is 23.1 Å². The van der Waals surface area contributed by atoms with E-state index in [1.165, 1.54) is 25.7 Å². The van der Waals surface area contributed by atoms with E-state index >= 15 is 0 Å². The fourth-order valence-corrected chi connectivity index (χ4v) is 2.46. The number of nitrogens with zero attached hydrogens (tertiary/aromatic N) is 1. The fraction of sp³-hybridized carbons (Fsp3) is 0.846. The third-order valence-electron chi connectivity index (χ3n) is 3.69. The quantitative estimate of drug-likeness (QED) is 0.587. The lowest BCUT2D eigenvalue weighted by Crippen LogP contribution is -2.46. The number of hydrogen-bond donors (Lipinski definition) is 2. The number of carbonyl (C=O) groups is 1. The van der Waals surface area contributed by atoms with Crippen LogP contribution in [0.3, 0.4) is 0 Å². The second kappa shape index (κ2) is 7.69. The molecule has 0 bridgehead atoms. The third kappa shape index (κ3) is 5.31. The molecule has 1 unspecified atom stereocenters. The lowest BCUT2D eigenvalue weighted by atomic mass is 10.1. The van der Waals surface area contributed by atoms with Crippen molar-refractivity contribution in [3.63, 3.8) is 0 Å². The second-order valence-electron chi connectivity index (χ2n) is 5.25. The minimum absolute atomic E-state index is 0.0418. The number of thiocarbonyl (C=S) groups is 1. The van der Waals surface area contributed by atoms with Gasteiger partial charge in [-0.15, -0.1) is 0 Å². The summed E-state index contributed by atoms with van der Waals surface area (Å²) >= 11 is 4.93. The highest BCUT2D eigenvalue weighted by molar-refractivity contribution is 7.80. The summed E-state index contributed by atoms with van der Waals surface area (Å²) in [7, 11) is 1.87. The van der Waals surface area contributed by atoms with E-state index in [9.17, 15) is 4.79 Å². The molecule has 1 atom stereocenters. The summed E-state index contributed by atoms with van der Waals surface area (Å²) in [5, 5.41) is 3.12. The molecule has 0 aromatic carbocycles. The average Bonchev–Trinajstić information content (AvgIpc) is 2.56. The van der Waals surface area contributed by atoms with E-state index in [0.717, 1.165) is 12.8 Å². The standard InChI is InChI=1S/C13H25N3OS/c1-10(13(14)18)16(2)9-12(17)15-11-7-5-3-4-6-8-11/h10-11H,3-9H2,1-2H3,(H2,14,18)(H,15,17). The monoisotopic (exact) mass is 271 g/mol. The molecule has 1 amide bonds. The maximum absolute atomic E-state index is 11.9. The molecule has 0 radical (unpaired) electrons. The van der Waals surface area contributed by atoms with Crippen LogP contribution in [0, 0.1) is 0 Å². The van der Waals surface area contributed by atoms with Crippen LogP contribution >= 0.6 is 12.2 Å². The van der Waals surface area contributed by atoms with Crippen molar-refractivity contribution in [3.8, 4) is 0 Å². The van der Waals surface area contributed by atoms with Crippen LogP contribution in [0.1, 0.15) is 45.4 Å². The van der Waals surface area contributed by atoms with Gasteiger partial charge in [0, 0.05) is 6.04 Å². The number of nitrogens with two attached hydrogens (primary N) is 1. The molecule has 18 heavy (non-hydrogen) atoms. The van der Waals surface area contributed by atoms with E-state index in [0.29, 0.717) is 17.6 Å². The Balaban J connectivity index is 2.33. The zero-order valence-electron chi connectivity index (χ0n) is 11.4. The van der Waals surface area contributed by atoms with Crippen LogP contribution in [0.4, 0.5) is 0 Å². The van der Waals surface area contributed by atoms with Crippen LogP contribution < -0.4 is 11.1 Å². The van der Waals surface area contributed by atoms with Gasteiger partial charge in [-0.25, -0.2) is 0 Å². The Morgan fingerprint density at radius 1 is 1.39 bits per heavy atom. The number of hydrogen-bond acceptors (Lipinski definition) is 3. The van der Waals surface area contributed by atoms with Gasteiger partial charge >= 0.3 is 0 Å². The summed E-state index contributed by atoms with van der Waals surface area (Å²) in [4.78, 5) is 14.2. The summed E-state index contributed by atoms with van der Waals surface area (Å²) in [6.07, 6.45) is 7.27. The first-order valence-corrected chi connectivity index (χ1v) is 7.20. The normalized spacial score (nSPS) is 19.3. The van der Waals surface area contributed by atoms with Crippen molar-refractivity contribution in [2.75, 3.05) is 13.6 Å². The molecule has 1 saturated carbocycles. The molecule has 1 aliphatic rings. The van der Waals surface area contributed by atoms with Gasteiger partial charge in [-0.2, -0.15) is 0 Å². The Hall–Kier alpha value is -0.680. The van der Waals surface area contributed by atoms with E-state index < -0.39 is 0 Å². The van der Waals surface area contributed by atoms with Crippen LogP contribution in [-0.2, 0) is 4.79 Å². The maximum atomic E-state index is 11.9. The highest BCUT2D eigenvalue weighted by Crippen LogP contribution is 2.17. The summed E-state index contributed by atoms with van der Waals surface area (Å²) in [5.41, 5.74) is 5.58. The van der Waals surface area contributed by atoms with Gasteiger partial charge in [-0.3, -0.25) is 9.69 Å². The van der Waals surface area contributed by atoms with Crippen LogP contribution in [0.15, 0.2) is 0 Å². The first-order chi connectivity index (χ1) is 8.50. The van der Waals surface area contributed by atoms with E-state index in [-0.39, 0.29) is 11.9 Å². The number of rotatable bonds is 5. The molecule has 0 aliphatic heterocycles. The van der Waals surface area contributed by atoms with Crippen molar-refractivity contribution in [1.82, 2.24) is 10.2 Å². The predicted molar refractivity (Wildman–Crippen MR) is 78.5 cm³/mol. The number of likely N-dealkylation sites (N-methyl/N-ethyl adjacent to an activating group) is 1. The number of nitrogens with one attached hydrogen (secondary N) is 1. The lowest BCUT2D eigenvalue weighted by Gasteiger charge is -2.24. The number of carbonyl (C=O) groups excluding carboxylic acids is 1. The Kier molecular flexibility index (Phi) is 6.57. The Labute approximate surface area is 115 Å². The van der Waals surface area contributed by atoms with Gasteiger partial charge in [0.1, 0.15) is 0 Å². The van der Waals surface area contributed by atoms with E-state index in [1.807, 2.05) is 18.9 Å². The van der Waals surface area contributed by atoms with Gasteiger partial charge in [0.2, 0.25) is 5.91 Å². The smallest absolute Gasteiger partial charge is 0.234 e. The molecule has 1 rings (SSSR count).